The summed E-state index contributed by atoms with van der Waals surface area (Å²) in [5.41, 5.74) is 0.343. The van der Waals surface area contributed by atoms with Crippen LogP contribution in [0.25, 0.3) is 6.08 Å². The van der Waals surface area contributed by atoms with Crippen LogP contribution in [0.1, 0.15) is 5.56 Å². The van der Waals surface area contributed by atoms with Crippen molar-refractivity contribution in [3.8, 4) is 5.75 Å². The van der Waals surface area contributed by atoms with Gasteiger partial charge in [-0.15, -0.1) is 11.6 Å². The second kappa shape index (κ2) is 4.12. The summed E-state index contributed by atoms with van der Waals surface area (Å²) in [6.45, 7) is 0. The predicted octanol–water partition coefficient (Wildman–Crippen LogP) is 2.78. The van der Waals surface area contributed by atoms with Gasteiger partial charge >= 0.3 is 0 Å². The van der Waals surface area contributed by atoms with Crippen LogP contribution >= 0.6 is 11.6 Å². The van der Waals surface area contributed by atoms with Crippen LogP contribution in [-0.2, 0) is 0 Å². The molecule has 0 aromatic heterocycles. The van der Waals surface area contributed by atoms with Crippen LogP contribution in [0.2, 0.25) is 0 Å². The van der Waals surface area contributed by atoms with E-state index >= 15 is 0 Å². The smallest absolute Gasteiger partial charge is 0.171 e. The maximum Gasteiger partial charge on any atom is 0.171 e. The van der Waals surface area contributed by atoms with Gasteiger partial charge in [-0.2, -0.15) is 0 Å². The van der Waals surface area contributed by atoms with Crippen molar-refractivity contribution in [1.29, 1.82) is 0 Å². The van der Waals surface area contributed by atoms with Crippen molar-refractivity contribution in [2.24, 2.45) is 0 Å². The number of allylic oxidation sites excluding steroid dienone is 1. The zero-order chi connectivity index (χ0) is 8.97. The lowest BCUT2D eigenvalue weighted by Crippen LogP contribution is -1.81. The van der Waals surface area contributed by atoms with Gasteiger partial charge < -0.3 is 5.11 Å². The Balaban J connectivity index is 3.00. The molecular weight excluding hydrogens is 179 g/mol. The summed E-state index contributed by atoms with van der Waals surface area (Å²) >= 11 is 5.37. The number of hydrogen-bond donors (Lipinski definition) is 1. The van der Waals surface area contributed by atoms with Crippen molar-refractivity contribution >= 4 is 17.7 Å². The summed E-state index contributed by atoms with van der Waals surface area (Å²) in [6.07, 6.45) is 3.14. The first-order valence-electron chi connectivity index (χ1n) is 3.45. The molecule has 0 bridgehead atoms. The minimum Gasteiger partial charge on any atom is -0.505 e. The number of phenols is 1. The number of alkyl halides is 1. The molecule has 3 heteroatoms. The van der Waals surface area contributed by atoms with Crippen LogP contribution in [0.4, 0.5) is 4.39 Å². The highest BCUT2D eigenvalue weighted by Crippen LogP contribution is 2.19. The van der Waals surface area contributed by atoms with Crippen molar-refractivity contribution in [3.63, 3.8) is 0 Å². The highest BCUT2D eigenvalue weighted by molar-refractivity contribution is 6.19. The molecule has 0 amide bonds. The van der Waals surface area contributed by atoms with Crippen LogP contribution in [0.15, 0.2) is 24.3 Å². The van der Waals surface area contributed by atoms with Gasteiger partial charge in [0.25, 0.3) is 0 Å². The second-order valence-electron chi connectivity index (χ2n) is 2.24. The summed E-state index contributed by atoms with van der Waals surface area (Å²) < 4.78 is 13.0. The minimum absolute atomic E-state index is 0.328. The fourth-order valence-electron chi connectivity index (χ4n) is 0.837. The number of phenolic OH excluding ortho intramolecular Hbond substituents is 1. The summed E-state index contributed by atoms with van der Waals surface area (Å²) in [4.78, 5) is 0. The van der Waals surface area contributed by atoms with E-state index < -0.39 is 5.82 Å². The van der Waals surface area contributed by atoms with E-state index in [1.54, 1.807) is 18.2 Å². The molecule has 12 heavy (non-hydrogen) atoms. The Morgan fingerprint density at radius 1 is 1.50 bits per heavy atom. The summed E-state index contributed by atoms with van der Waals surface area (Å²) in [5, 5.41) is 8.96. The molecule has 0 saturated carbocycles. The summed E-state index contributed by atoms with van der Waals surface area (Å²) in [7, 11) is 0. The van der Waals surface area contributed by atoms with E-state index in [9.17, 15) is 4.39 Å². The molecule has 0 heterocycles. The molecule has 1 aromatic rings. The molecule has 0 spiro atoms. The third-order valence-corrected chi connectivity index (χ3v) is 1.57. The topological polar surface area (TPSA) is 20.2 Å². The number of halogens is 2. The van der Waals surface area contributed by atoms with E-state index in [2.05, 4.69) is 0 Å². The Hall–Kier alpha value is -1.02. The second-order valence-corrected chi connectivity index (χ2v) is 2.55. The molecule has 0 atom stereocenters. The maximum atomic E-state index is 13.0. The number of rotatable bonds is 2. The van der Waals surface area contributed by atoms with Crippen molar-refractivity contribution in [2.75, 3.05) is 5.88 Å². The minimum atomic E-state index is -0.612. The molecular formula is C9H8ClFO. The first-order chi connectivity index (χ1) is 5.75. The largest absolute Gasteiger partial charge is 0.505 e. The van der Waals surface area contributed by atoms with Gasteiger partial charge in [0, 0.05) is 11.4 Å². The summed E-state index contributed by atoms with van der Waals surface area (Å²) in [6, 6.07) is 4.44. The van der Waals surface area contributed by atoms with E-state index in [4.69, 9.17) is 16.7 Å². The van der Waals surface area contributed by atoms with Crippen LogP contribution in [-0.4, -0.2) is 11.0 Å². The standard InChI is InChI=1S/C9H8ClFO/c10-6-2-4-7-3-1-5-8(12)9(7)11/h1-5,12H,6H2. The average Bonchev–Trinajstić information content (AvgIpc) is 2.08. The average molecular weight is 187 g/mol. The molecule has 0 fully saturated rings. The van der Waals surface area contributed by atoms with Gasteiger partial charge in [0.1, 0.15) is 0 Å². The Bertz CT molecular complexity index is 297. The quantitative estimate of drug-likeness (QED) is 0.705. The van der Waals surface area contributed by atoms with Crippen LogP contribution in [0, 0.1) is 5.82 Å². The van der Waals surface area contributed by atoms with E-state index in [1.807, 2.05) is 0 Å². The first kappa shape index (κ1) is 9.07. The lowest BCUT2D eigenvalue weighted by atomic mass is 10.2. The Morgan fingerprint density at radius 3 is 2.92 bits per heavy atom. The molecule has 0 radical (unpaired) electrons. The number of hydrogen-bond acceptors (Lipinski definition) is 1. The molecule has 1 aromatic carbocycles. The highest BCUT2D eigenvalue weighted by Gasteiger charge is 2.02. The SMILES string of the molecule is Oc1cccc(C=CCCl)c1F. The summed E-state index contributed by atoms with van der Waals surface area (Å²) in [5.74, 6) is -0.625. The molecule has 1 rings (SSSR count). The Labute approximate surface area is 75.1 Å². The monoisotopic (exact) mass is 186 g/mol. The van der Waals surface area contributed by atoms with E-state index in [0.717, 1.165) is 0 Å². The Kier molecular flexibility index (Phi) is 3.11. The normalized spacial score (nSPS) is 10.8. The number of aromatic hydroxyl groups is 1. The fraction of sp³-hybridized carbons (Fsp3) is 0.111. The predicted molar refractivity (Wildman–Crippen MR) is 47.8 cm³/mol. The van der Waals surface area contributed by atoms with E-state index in [1.165, 1.54) is 12.1 Å². The molecule has 1 nitrogen and oxygen atoms in total. The van der Waals surface area contributed by atoms with Crippen molar-refractivity contribution in [3.05, 3.63) is 35.7 Å². The zero-order valence-electron chi connectivity index (χ0n) is 6.30. The maximum absolute atomic E-state index is 13.0. The van der Waals surface area contributed by atoms with Crippen LogP contribution in [0.5, 0.6) is 5.75 Å². The van der Waals surface area contributed by atoms with Gasteiger partial charge in [-0.3, -0.25) is 0 Å². The van der Waals surface area contributed by atoms with Crippen LogP contribution in [0.3, 0.4) is 0 Å². The lowest BCUT2D eigenvalue weighted by molar-refractivity contribution is 0.432. The van der Waals surface area contributed by atoms with Gasteiger partial charge in [0.05, 0.1) is 0 Å². The van der Waals surface area contributed by atoms with Gasteiger partial charge in [-0.1, -0.05) is 24.3 Å². The lowest BCUT2D eigenvalue weighted by Gasteiger charge is -1.97. The zero-order valence-corrected chi connectivity index (χ0v) is 7.05. The van der Waals surface area contributed by atoms with Gasteiger partial charge in [0.2, 0.25) is 0 Å². The van der Waals surface area contributed by atoms with Gasteiger partial charge in [0.15, 0.2) is 11.6 Å². The van der Waals surface area contributed by atoms with E-state index in [0.29, 0.717) is 11.4 Å². The molecule has 0 aliphatic carbocycles. The van der Waals surface area contributed by atoms with Gasteiger partial charge in [-0.05, 0) is 6.07 Å². The van der Waals surface area contributed by atoms with Crippen LogP contribution < -0.4 is 0 Å². The third kappa shape index (κ3) is 1.98. The van der Waals surface area contributed by atoms with Crippen molar-refractivity contribution in [1.82, 2.24) is 0 Å². The third-order valence-electron chi connectivity index (χ3n) is 1.39. The first-order valence-corrected chi connectivity index (χ1v) is 3.99. The fourth-order valence-corrected chi connectivity index (χ4v) is 0.926. The molecule has 0 saturated heterocycles. The van der Waals surface area contributed by atoms with Crippen molar-refractivity contribution in [2.45, 2.75) is 0 Å². The molecule has 0 unspecified atom stereocenters. The van der Waals surface area contributed by atoms with Gasteiger partial charge in [-0.25, -0.2) is 4.39 Å². The molecule has 64 valence electrons. The highest BCUT2D eigenvalue weighted by atomic mass is 35.5. The number of benzene rings is 1. The Morgan fingerprint density at radius 2 is 2.25 bits per heavy atom. The molecule has 0 aliphatic heterocycles. The molecule has 0 aliphatic rings. The van der Waals surface area contributed by atoms with Crippen molar-refractivity contribution < 1.29 is 9.50 Å². The molecule has 1 N–H and O–H groups in total. The van der Waals surface area contributed by atoms with E-state index in [-0.39, 0.29) is 5.75 Å².